The Balaban J connectivity index is 1.70. The lowest BCUT2D eigenvalue weighted by atomic mass is 10.1. The minimum atomic E-state index is -0.854. The zero-order valence-corrected chi connectivity index (χ0v) is 15.5. The lowest BCUT2D eigenvalue weighted by molar-refractivity contribution is 0.0169. The van der Waals surface area contributed by atoms with Crippen molar-refractivity contribution in [2.24, 2.45) is 0 Å². The normalized spacial score (nSPS) is 16.8. The second-order valence-electron chi connectivity index (χ2n) is 7.42. The third-order valence-electron chi connectivity index (χ3n) is 4.12. The van der Waals surface area contributed by atoms with Crippen LogP contribution in [0.3, 0.4) is 0 Å². The highest BCUT2D eigenvalue weighted by Crippen LogP contribution is 2.31. The van der Waals surface area contributed by atoms with Gasteiger partial charge in [0.25, 0.3) is 5.91 Å². The summed E-state index contributed by atoms with van der Waals surface area (Å²) in [6, 6.07) is 7.16. The number of ether oxygens (including phenoxy) is 1. The van der Waals surface area contributed by atoms with Crippen molar-refractivity contribution in [3.8, 4) is 0 Å². The van der Waals surface area contributed by atoms with Crippen molar-refractivity contribution in [2.75, 3.05) is 20.1 Å². The summed E-state index contributed by atoms with van der Waals surface area (Å²) in [4.78, 5) is 27.2. The number of rotatable bonds is 6. The van der Waals surface area contributed by atoms with E-state index in [-0.39, 0.29) is 12.0 Å². The van der Waals surface area contributed by atoms with Gasteiger partial charge in [0.2, 0.25) is 0 Å². The number of aliphatic hydroxyl groups excluding tert-OH is 1. The van der Waals surface area contributed by atoms with E-state index in [4.69, 9.17) is 4.74 Å². The standard InChI is InChI=1S/C19H28N2O4/c1-19(2,3)25-18(24)20(4)12-8-5-9-13-21-16(22)14-10-6-7-11-15(14)17(21)23/h6-7,10-11,16,22H,5,8-9,12-13H2,1-4H3. The number of amides is 2. The number of benzene rings is 1. The number of hydrogen-bond acceptors (Lipinski definition) is 4. The average molecular weight is 348 g/mol. The summed E-state index contributed by atoms with van der Waals surface area (Å²) in [5.74, 6) is -0.117. The summed E-state index contributed by atoms with van der Waals surface area (Å²) >= 11 is 0. The van der Waals surface area contributed by atoms with Crippen molar-refractivity contribution in [1.29, 1.82) is 0 Å². The second-order valence-corrected chi connectivity index (χ2v) is 7.42. The lowest BCUT2D eigenvalue weighted by Crippen LogP contribution is -2.34. The van der Waals surface area contributed by atoms with Crippen LogP contribution in [-0.4, -0.2) is 52.6 Å². The van der Waals surface area contributed by atoms with Gasteiger partial charge in [0, 0.05) is 31.3 Å². The Morgan fingerprint density at radius 1 is 1.24 bits per heavy atom. The summed E-state index contributed by atoms with van der Waals surface area (Å²) in [6.45, 7) is 6.63. The summed E-state index contributed by atoms with van der Waals surface area (Å²) < 4.78 is 5.30. The third-order valence-corrected chi connectivity index (χ3v) is 4.12. The van der Waals surface area contributed by atoms with E-state index in [1.54, 1.807) is 30.1 Å². The molecule has 1 heterocycles. The van der Waals surface area contributed by atoms with Crippen LogP contribution in [0.5, 0.6) is 0 Å². The van der Waals surface area contributed by atoms with Crippen LogP contribution in [0, 0.1) is 0 Å². The Kier molecular flexibility index (Phi) is 6.06. The Bertz CT molecular complexity index is 624. The van der Waals surface area contributed by atoms with Crippen LogP contribution in [-0.2, 0) is 4.74 Å². The van der Waals surface area contributed by atoms with Gasteiger partial charge >= 0.3 is 6.09 Å². The van der Waals surface area contributed by atoms with Crippen molar-refractivity contribution in [3.63, 3.8) is 0 Å². The zero-order valence-electron chi connectivity index (χ0n) is 15.5. The number of aliphatic hydroxyl groups is 1. The fraction of sp³-hybridized carbons (Fsp3) is 0.579. The molecule has 1 atom stereocenters. The van der Waals surface area contributed by atoms with Crippen molar-refractivity contribution < 1.29 is 19.4 Å². The maximum absolute atomic E-state index is 12.3. The summed E-state index contributed by atoms with van der Waals surface area (Å²) in [5.41, 5.74) is 0.767. The van der Waals surface area contributed by atoms with Gasteiger partial charge in [-0.05, 0) is 46.1 Å². The van der Waals surface area contributed by atoms with Gasteiger partial charge in [0.05, 0.1) is 0 Å². The lowest BCUT2D eigenvalue weighted by Gasteiger charge is -2.25. The SMILES string of the molecule is CN(CCCCCN1C(=O)c2ccccc2C1O)C(=O)OC(C)(C)C. The molecular weight excluding hydrogens is 320 g/mol. The largest absolute Gasteiger partial charge is 0.444 e. The molecule has 2 rings (SSSR count). The van der Waals surface area contributed by atoms with Gasteiger partial charge in [0.15, 0.2) is 6.23 Å². The van der Waals surface area contributed by atoms with Crippen LogP contribution in [0.15, 0.2) is 24.3 Å². The van der Waals surface area contributed by atoms with Crippen molar-refractivity contribution in [3.05, 3.63) is 35.4 Å². The molecule has 1 aliphatic rings. The van der Waals surface area contributed by atoms with E-state index >= 15 is 0 Å². The molecule has 0 bridgehead atoms. The van der Waals surface area contributed by atoms with Crippen molar-refractivity contribution in [1.82, 2.24) is 9.80 Å². The first-order valence-corrected chi connectivity index (χ1v) is 8.73. The molecule has 1 aliphatic heterocycles. The maximum atomic E-state index is 12.3. The predicted molar refractivity (Wildman–Crippen MR) is 95.2 cm³/mol. The molecule has 0 spiro atoms. The zero-order chi connectivity index (χ0) is 18.6. The first-order valence-electron chi connectivity index (χ1n) is 8.73. The smallest absolute Gasteiger partial charge is 0.410 e. The van der Waals surface area contributed by atoms with Crippen LogP contribution >= 0.6 is 0 Å². The van der Waals surface area contributed by atoms with Crippen LogP contribution in [0.2, 0.25) is 0 Å². The van der Waals surface area contributed by atoms with Crippen molar-refractivity contribution >= 4 is 12.0 Å². The van der Waals surface area contributed by atoms with E-state index in [2.05, 4.69) is 0 Å². The molecule has 0 fully saturated rings. The first-order chi connectivity index (χ1) is 11.7. The molecule has 1 unspecified atom stereocenters. The molecule has 6 nitrogen and oxygen atoms in total. The highest BCUT2D eigenvalue weighted by molar-refractivity contribution is 5.98. The number of fused-ring (bicyclic) bond motifs is 1. The van der Waals surface area contributed by atoms with Gasteiger partial charge in [-0.15, -0.1) is 0 Å². The van der Waals surface area contributed by atoms with Gasteiger partial charge in [0.1, 0.15) is 5.60 Å². The summed E-state index contributed by atoms with van der Waals surface area (Å²) in [5, 5.41) is 10.3. The number of hydrogen-bond donors (Lipinski definition) is 1. The molecule has 1 N–H and O–H groups in total. The quantitative estimate of drug-likeness (QED) is 0.802. The average Bonchev–Trinajstić information content (AvgIpc) is 2.78. The minimum absolute atomic E-state index is 0.117. The molecule has 6 heteroatoms. The Morgan fingerprint density at radius 3 is 2.56 bits per heavy atom. The highest BCUT2D eigenvalue weighted by atomic mass is 16.6. The monoisotopic (exact) mass is 348 g/mol. The van der Waals surface area contributed by atoms with E-state index in [1.165, 1.54) is 4.90 Å². The van der Waals surface area contributed by atoms with Gasteiger partial charge < -0.3 is 19.6 Å². The first kappa shape index (κ1) is 19.2. The molecule has 0 radical (unpaired) electrons. The van der Waals surface area contributed by atoms with Crippen LogP contribution < -0.4 is 0 Å². The van der Waals surface area contributed by atoms with E-state index in [1.807, 2.05) is 26.8 Å². The topological polar surface area (TPSA) is 70.1 Å². The molecular formula is C19H28N2O4. The van der Waals surface area contributed by atoms with E-state index in [0.717, 1.165) is 19.3 Å². The molecule has 0 aliphatic carbocycles. The van der Waals surface area contributed by atoms with E-state index in [0.29, 0.717) is 24.2 Å². The fourth-order valence-electron chi connectivity index (χ4n) is 2.81. The molecule has 2 amide bonds. The molecule has 25 heavy (non-hydrogen) atoms. The van der Waals surface area contributed by atoms with Gasteiger partial charge in [-0.2, -0.15) is 0 Å². The summed E-state index contributed by atoms with van der Waals surface area (Å²) in [7, 11) is 1.72. The molecule has 0 saturated heterocycles. The molecule has 0 aromatic heterocycles. The summed E-state index contributed by atoms with van der Waals surface area (Å²) in [6.07, 6.45) is 1.28. The van der Waals surface area contributed by atoms with Crippen LogP contribution in [0.1, 0.15) is 62.2 Å². The number of unbranched alkanes of at least 4 members (excludes halogenated alkanes) is 2. The van der Waals surface area contributed by atoms with Gasteiger partial charge in [-0.25, -0.2) is 4.79 Å². The molecule has 1 aromatic carbocycles. The minimum Gasteiger partial charge on any atom is -0.444 e. The van der Waals surface area contributed by atoms with Crippen molar-refractivity contribution in [2.45, 2.75) is 51.9 Å². The number of nitrogens with zero attached hydrogens (tertiary/aromatic N) is 2. The van der Waals surface area contributed by atoms with E-state index in [9.17, 15) is 14.7 Å². The van der Waals surface area contributed by atoms with E-state index < -0.39 is 11.8 Å². The van der Waals surface area contributed by atoms with Gasteiger partial charge in [-0.1, -0.05) is 18.2 Å². The molecule has 138 valence electrons. The van der Waals surface area contributed by atoms with Gasteiger partial charge in [-0.3, -0.25) is 4.79 Å². The molecule has 0 saturated carbocycles. The molecule has 1 aromatic rings. The highest BCUT2D eigenvalue weighted by Gasteiger charge is 2.34. The number of carbonyl (C=O) groups is 2. The number of carbonyl (C=O) groups excluding carboxylic acids is 2. The second kappa shape index (κ2) is 7.87. The Morgan fingerprint density at radius 2 is 1.92 bits per heavy atom. The Hall–Kier alpha value is -2.08. The van der Waals surface area contributed by atoms with Crippen LogP contribution in [0.25, 0.3) is 0 Å². The third kappa shape index (κ3) is 4.95. The predicted octanol–water partition coefficient (Wildman–Crippen LogP) is 3.17. The maximum Gasteiger partial charge on any atom is 0.410 e. The fourth-order valence-corrected chi connectivity index (χ4v) is 2.81. The Labute approximate surface area is 149 Å². The van der Waals surface area contributed by atoms with Crippen LogP contribution in [0.4, 0.5) is 4.79 Å².